The van der Waals surface area contributed by atoms with Gasteiger partial charge in [0, 0.05) is 22.7 Å². The first-order valence-electron chi connectivity index (χ1n) is 10.7. The highest BCUT2D eigenvalue weighted by Gasteiger charge is 2.29. The van der Waals surface area contributed by atoms with Crippen LogP contribution in [-0.2, 0) is 22.4 Å². The van der Waals surface area contributed by atoms with Crippen molar-refractivity contribution in [2.45, 2.75) is 38.1 Å². The number of ether oxygens (including phenoxy) is 1. The third-order valence-electron chi connectivity index (χ3n) is 5.33. The number of thioether (sulfide) groups is 1. The van der Waals surface area contributed by atoms with Crippen LogP contribution in [0, 0.1) is 18.3 Å². The number of amides is 1. The van der Waals surface area contributed by atoms with Gasteiger partial charge in [-0.05, 0) is 55.5 Å². The molecule has 0 atom stereocenters. The summed E-state index contributed by atoms with van der Waals surface area (Å²) in [5.74, 6) is -0.118. The highest BCUT2D eigenvalue weighted by molar-refractivity contribution is 7.99. The van der Waals surface area contributed by atoms with Gasteiger partial charge < -0.3 is 10.1 Å². The maximum atomic E-state index is 12.8. The number of pyridine rings is 1. The Morgan fingerprint density at radius 1 is 1.24 bits per heavy atom. The van der Waals surface area contributed by atoms with Gasteiger partial charge in [-0.15, -0.1) is 23.1 Å². The molecule has 1 aliphatic carbocycles. The van der Waals surface area contributed by atoms with E-state index in [0.29, 0.717) is 26.9 Å². The van der Waals surface area contributed by atoms with Crippen LogP contribution in [0.2, 0.25) is 0 Å². The van der Waals surface area contributed by atoms with Gasteiger partial charge in [-0.3, -0.25) is 4.79 Å². The summed E-state index contributed by atoms with van der Waals surface area (Å²) in [5, 5.41) is 13.4. The number of aryl methyl sites for hydroxylation is 2. The summed E-state index contributed by atoms with van der Waals surface area (Å²) in [7, 11) is 0. The molecule has 0 radical (unpaired) electrons. The summed E-state index contributed by atoms with van der Waals surface area (Å²) in [5.41, 5.74) is 5.10. The van der Waals surface area contributed by atoms with Crippen molar-refractivity contribution in [3.05, 3.63) is 64.3 Å². The lowest BCUT2D eigenvalue weighted by atomic mass is 9.89. The Bertz CT molecular complexity index is 1260. The normalized spacial score (nSPS) is 11.8. The van der Waals surface area contributed by atoms with Crippen molar-refractivity contribution >= 4 is 40.0 Å². The van der Waals surface area contributed by atoms with E-state index in [4.69, 9.17) is 4.74 Å². The van der Waals surface area contributed by atoms with Crippen LogP contribution >= 0.6 is 23.1 Å². The third-order valence-corrected chi connectivity index (χ3v) is 7.51. The van der Waals surface area contributed by atoms with Crippen molar-refractivity contribution in [2.24, 2.45) is 0 Å². The Morgan fingerprint density at radius 3 is 2.85 bits per heavy atom. The first kappa shape index (κ1) is 23.0. The van der Waals surface area contributed by atoms with E-state index in [1.807, 2.05) is 19.1 Å². The first-order valence-corrected chi connectivity index (χ1v) is 12.5. The lowest BCUT2D eigenvalue weighted by molar-refractivity contribution is -0.115. The number of nitriles is 1. The Labute approximate surface area is 201 Å². The van der Waals surface area contributed by atoms with E-state index in [0.717, 1.165) is 34.5 Å². The number of fused-ring (bicyclic) bond motifs is 3. The van der Waals surface area contributed by atoms with Gasteiger partial charge in [0.25, 0.3) is 0 Å². The van der Waals surface area contributed by atoms with Gasteiger partial charge in [0.15, 0.2) is 0 Å². The van der Waals surface area contributed by atoms with Crippen molar-refractivity contribution in [2.75, 3.05) is 17.7 Å². The van der Waals surface area contributed by atoms with E-state index in [9.17, 15) is 14.9 Å². The van der Waals surface area contributed by atoms with Crippen LogP contribution in [0.3, 0.4) is 0 Å². The zero-order chi connectivity index (χ0) is 23.4. The maximum Gasteiger partial charge on any atom is 0.341 e. The largest absolute Gasteiger partial charge is 0.462 e. The van der Waals surface area contributed by atoms with Crippen LogP contribution in [0.4, 0.5) is 5.00 Å². The SMILES string of the molecule is CCOC(=O)c1c(NC(=O)CCSc2nc(C)ccc2C#N)sc2c1CCc1ccccc1-2. The lowest BCUT2D eigenvalue weighted by Gasteiger charge is -2.16. The summed E-state index contributed by atoms with van der Waals surface area (Å²) in [4.78, 5) is 31.0. The fourth-order valence-corrected chi connectivity index (χ4v) is 6.08. The molecule has 1 aromatic carbocycles. The second kappa shape index (κ2) is 10.2. The van der Waals surface area contributed by atoms with E-state index < -0.39 is 5.97 Å². The molecule has 1 aliphatic rings. The molecule has 0 unspecified atom stereocenters. The molecule has 168 valence electrons. The van der Waals surface area contributed by atoms with Crippen LogP contribution in [0.25, 0.3) is 10.4 Å². The molecule has 0 fully saturated rings. The Morgan fingerprint density at radius 2 is 2.06 bits per heavy atom. The van der Waals surface area contributed by atoms with Crippen LogP contribution in [0.15, 0.2) is 41.4 Å². The lowest BCUT2D eigenvalue weighted by Crippen LogP contribution is -2.16. The van der Waals surface area contributed by atoms with Gasteiger partial charge in [0.2, 0.25) is 5.91 Å². The number of thiophene rings is 1. The van der Waals surface area contributed by atoms with Crippen LogP contribution in [0.5, 0.6) is 0 Å². The Balaban J connectivity index is 1.53. The predicted molar refractivity (Wildman–Crippen MR) is 131 cm³/mol. The quantitative estimate of drug-likeness (QED) is 0.362. The van der Waals surface area contributed by atoms with Gasteiger partial charge in [0.1, 0.15) is 16.1 Å². The third kappa shape index (κ3) is 4.95. The topological polar surface area (TPSA) is 92.1 Å². The van der Waals surface area contributed by atoms with Crippen LogP contribution in [0.1, 0.15) is 46.1 Å². The van der Waals surface area contributed by atoms with E-state index in [2.05, 4.69) is 28.5 Å². The molecule has 8 heteroatoms. The van der Waals surface area contributed by atoms with Crippen LogP contribution in [-0.4, -0.2) is 29.2 Å². The Kier molecular flexibility index (Phi) is 7.11. The summed E-state index contributed by atoms with van der Waals surface area (Å²) in [6.45, 7) is 3.91. The molecule has 6 nitrogen and oxygen atoms in total. The predicted octanol–water partition coefficient (Wildman–Crippen LogP) is 5.39. The number of rotatable bonds is 7. The minimum absolute atomic E-state index is 0.189. The molecule has 2 aromatic heterocycles. The monoisotopic (exact) mass is 477 g/mol. The maximum absolute atomic E-state index is 12.8. The van der Waals surface area contributed by atoms with Gasteiger partial charge >= 0.3 is 5.97 Å². The Hall–Kier alpha value is -3.15. The molecule has 4 rings (SSSR count). The fourth-order valence-electron chi connectivity index (χ4n) is 3.81. The van der Waals surface area contributed by atoms with Crippen molar-refractivity contribution in [3.8, 4) is 16.5 Å². The smallest absolute Gasteiger partial charge is 0.341 e. The molecule has 0 spiro atoms. The average molecular weight is 478 g/mol. The van der Waals surface area contributed by atoms with Gasteiger partial charge in [-0.1, -0.05) is 24.3 Å². The van der Waals surface area contributed by atoms with Gasteiger partial charge in [-0.2, -0.15) is 5.26 Å². The fraction of sp³-hybridized carbons (Fsp3) is 0.280. The second-order valence-corrected chi connectivity index (χ2v) is 9.66. The van der Waals surface area contributed by atoms with Gasteiger partial charge in [-0.25, -0.2) is 9.78 Å². The van der Waals surface area contributed by atoms with Crippen molar-refractivity contribution in [1.29, 1.82) is 5.26 Å². The molecule has 0 bridgehead atoms. The minimum atomic E-state index is -0.401. The second-order valence-electron chi connectivity index (χ2n) is 7.56. The van der Waals surface area contributed by atoms with Crippen molar-refractivity contribution < 1.29 is 14.3 Å². The molecular weight excluding hydrogens is 454 g/mol. The summed E-state index contributed by atoms with van der Waals surface area (Å²) in [6, 6.07) is 13.8. The highest BCUT2D eigenvalue weighted by atomic mass is 32.2. The number of hydrogen-bond donors (Lipinski definition) is 1. The van der Waals surface area contributed by atoms with E-state index in [1.54, 1.807) is 19.1 Å². The molecule has 0 saturated heterocycles. The average Bonchev–Trinajstić information content (AvgIpc) is 3.17. The number of benzene rings is 1. The molecule has 1 N–H and O–H groups in total. The minimum Gasteiger partial charge on any atom is -0.462 e. The molecule has 3 aromatic rings. The zero-order valence-electron chi connectivity index (χ0n) is 18.4. The molecule has 1 amide bonds. The summed E-state index contributed by atoms with van der Waals surface area (Å²) in [6.07, 6.45) is 1.81. The molecule has 0 aliphatic heterocycles. The van der Waals surface area contributed by atoms with E-state index >= 15 is 0 Å². The highest BCUT2D eigenvalue weighted by Crippen LogP contribution is 2.45. The van der Waals surface area contributed by atoms with Crippen molar-refractivity contribution in [3.63, 3.8) is 0 Å². The van der Waals surface area contributed by atoms with Gasteiger partial charge in [0.05, 0.1) is 17.7 Å². The van der Waals surface area contributed by atoms with E-state index in [-0.39, 0.29) is 18.9 Å². The molecule has 2 heterocycles. The molecule has 33 heavy (non-hydrogen) atoms. The number of nitrogens with one attached hydrogen (secondary N) is 1. The van der Waals surface area contributed by atoms with Crippen molar-refractivity contribution in [1.82, 2.24) is 4.98 Å². The molecule has 0 saturated carbocycles. The first-order chi connectivity index (χ1) is 16.0. The van der Waals surface area contributed by atoms with E-state index in [1.165, 1.54) is 28.7 Å². The number of carbonyl (C=O) groups excluding carboxylic acids is 2. The van der Waals surface area contributed by atoms with Crippen LogP contribution < -0.4 is 5.32 Å². The number of nitrogens with zero attached hydrogens (tertiary/aromatic N) is 2. The number of hydrogen-bond acceptors (Lipinski definition) is 7. The zero-order valence-corrected chi connectivity index (χ0v) is 20.1. The number of anilines is 1. The molecular formula is C25H23N3O3S2. The number of aromatic nitrogens is 1. The standard InChI is InChI=1S/C25H23N3O3S2/c1-3-31-25(30)21-19-11-10-16-6-4-5-7-18(16)22(19)33-24(21)28-20(29)12-13-32-23-17(14-26)9-8-15(2)27-23/h4-9H,3,10-13H2,1-2H3,(H,28,29). The number of carbonyl (C=O) groups is 2. The summed E-state index contributed by atoms with van der Waals surface area (Å²) >= 11 is 2.81. The summed E-state index contributed by atoms with van der Waals surface area (Å²) < 4.78 is 5.31. The number of esters is 1.